The van der Waals surface area contributed by atoms with Crippen molar-refractivity contribution >= 4 is 5.91 Å². The van der Waals surface area contributed by atoms with E-state index in [2.05, 4.69) is 10.2 Å². The van der Waals surface area contributed by atoms with E-state index in [1.165, 1.54) is 12.4 Å². The Morgan fingerprint density at radius 3 is 3.07 bits per heavy atom. The van der Waals surface area contributed by atoms with E-state index in [4.69, 9.17) is 5.73 Å². The molecule has 1 fully saturated rings. The maximum atomic E-state index is 11.9. The second kappa shape index (κ2) is 4.35. The lowest BCUT2D eigenvalue weighted by atomic mass is 10.1. The van der Waals surface area contributed by atoms with Crippen molar-refractivity contribution < 1.29 is 4.79 Å². The maximum Gasteiger partial charge on any atom is 0.255 e. The monoisotopic (exact) mass is 206 g/mol. The van der Waals surface area contributed by atoms with Crippen molar-refractivity contribution in [3.05, 3.63) is 24.0 Å². The highest BCUT2D eigenvalue weighted by atomic mass is 16.2. The molecule has 1 unspecified atom stereocenters. The van der Waals surface area contributed by atoms with Crippen LogP contribution >= 0.6 is 0 Å². The molecule has 1 aliphatic heterocycles. The Morgan fingerprint density at radius 2 is 2.40 bits per heavy atom. The summed E-state index contributed by atoms with van der Waals surface area (Å²) < 4.78 is 0. The van der Waals surface area contributed by atoms with E-state index in [-0.39, 0.29) is 11.9 Å². The Hall–Kier alpha value is -1.49. The third-order valence-corrected chi connectivity index (χ3v) is 2.58. The average molecular weight is 206 g/mol. The van der Waals surface area contributed by atoms with Gasteiger partial charge in [-0.1, -0.05) is 0 Å². The van der Waals surface area contributed by atoms with Gasteiger partial charge in [-0.3, -0.25) is 4.79 Å². The van der Waals surface area contributed by atoms with Gasteiger partial charge in [-0.05, 0) is 18.9 Å². The van der Waals surface area contributed by atoms with Gasteiger partial charge in [0.15, 0.2) is 0 Å². The van der Waals surface area contributed by atoms with E-state index in [9.17, 15) is 4.79 Å². The number of hydrogen-bond donors (Lipinski definition) is 1. The Morgan fingerprint density at radius 1 is 1.53 bits per heavy atom. The second-order valence-corrected chi connectivity index (χ2v) is 3.78. The smallest absolute Gasteiger partial charge is 0.255 e. The third-order valence-electron chi connectivity index (χ3n) is 2.58. The van der Waals surface area contributed by atoms with Crippen LogP contribution in [0.1, 0.15) is 23.2 Å². The zero-order valence-electron chi connectivity index (χ0n) is 8.47. The Labute approximate surface area is 88.3 Å². The molecule has 0 spiro atoms. The molecule has 5 heteroatoms. The molecule has 1 atom stereocenters. The van der Waals surface area contributed by atoms with Crippen molar-refractivity contribution in [3.8, 4) is 0 Å². The SMILES string of the molecule is NC1CCCN(C(=O)c2ccnnc2)C1. The molecule has 80 valence electrons. The van der Waals surface area contributed by atoms with E-state index in [1.54, 1.807) is 11.0 Å². The van der Waals surface area contributed by atoms with Gasteiger partial charge in [0.1, 0.15) is 0 Å². The minimum Gasteiger partial charge on any atom is -0.337 e. The Bertz CT molecular complexity index is 341. The van der Waals surface area contributed by atoms with E-state index in [1.807, 2.05) is 0 Å². The quantitative estimate of drug-likeness (QED) is 0.704. The van der Waals surface area contributed by atoms with Gasteiger partial charge in [-0.25, -0.2) is 0 Å². The zero-order valence-corrected chi connectivity index (χ0v) is 8.47. The summed E-state index contributed by atoms with van der Waals surface area (Å²) in [7, 11) is 0. The Balaban J connectivity index is 2.08. The summed E-state index contributed by atoms with van der Waals surface area (Å²) in [6, 6.07) is 1.78. The molecule has 1 aliphatic rings. The van der Waals surface area contributed by atoms with Crippen LogP contribution in [-0.4, -0.2) is 40.1 Å². The fraction of sp³-hybridized carbons (Fsp3) is 0.500. The minimum absolute atomic E-state index is 0.0000463. The lowest BCUT2D eigenvalue weighted by molar-refractivity contribution is 0.0708. The van der Waals surface area contributed by atoms with Gasteiger partial charge in [-0.2, -0.15) is 10.2 Å². The van der Waals surface area contributed by atoms with Crippen molar-refractivity contribution in [3.63, 3.8) is 0 Å². The van der Waals surface area contributed by atoms with Crippen LogP contribution in [0.2, 0.25) is 0 Å². The Kier molecular flexibility index (Phi) is 2.91. The summed E-state index contributed by atoms with van der Waals surface area (Å²) in [5.74, 6) is 0.0000463. The van der Waals surface area contributed by atoms with Crippen LogP contribution in [0.25, 0.3) is 0 Å². The highest BCUT2D eigenvalue weighted by Gasteiger charge is 2.22. The number of aromatic nitrogens is 2. The summed E-state index contributed by atoms with van der Waals surface area (Å²) in [5, 5.41) is 7.33. The molecule has 15 heavy (non-hydrogen) atoms. The predicted molar refractivity (Wildman–Crippen MR) is 55.1 cm³/mol. The molecule has 5 nitrogen and oxygen atoms in total. The molecule has 0 radical (unpaired) electrons. The van der Waals surface area contributed by atoms with Crippen LogP contribution < -0.4 is 5.73 Å². The van der Waals surface area contributed by atoms with Crippen LogP contribution in [-0.2, 0) is 0 Å². The summed E-state index contributed by atoms with van der Waals surface area (Å²) >= 11 is 0. The summed E-state index contributed by atoms with van der Waals surface area (Å²) in [6.07, 6.45) is 4.99. The van der Waals surface area contributed by atoms with Crippen LogP contribution in [0.5, 0.6) is 0 Å². The molecule has 1 aromatic heterocycles. The fourth-order valence-corrected chi connectivity index (χ4v) is 1.79. The predicted octanol–water partition coefficient (Wildman–Crippen LogP) is 0.0399. The first-order valence-corrected chi connectivity index (χ1v) is 5.09. The normalized spacial score (nSPS) is 21.4. The van der Waals surface area contributed by atoms with Crippen molar-refractivity contribution in [1.29, 1.82) is 0 Å². The second-order valence-electron chi connectivity index (χ2n) is 3.78. The van der Waals surface area contributed by atoms with Crippen LogP contribution in [0.15, 0.2) is 18.5 Å². The van der Waals surface area contributed by atoms with Gasteiger partial charge in [0.05, 0.1) is 18.0 Å². The molecule has 0 aromatic carbocycles. The molecule has 2 N–H and O–H groups in total. The van der Waals surface area contributed by atoms with Crippen molar-refractivity contribution in [2.24, 2.45) is 5.73 Å². The fourth-order valence-electron chi connectivity index (χ4n) is 1.79. The number of likely N-dealkylation sites (tertiary alicyclic amines) is 1. The van der Waals surface area contributed by atoms with E-state index < -0.39 is 0 Å². The van der Waals surface area contributed by atoms with E-state index in [0.717, 1.165) is 19.4 Å². The number of carbonyl (C=O) groups excluding carboxylic acids is 1. The molecule has 1 amide bonds. The number of nitrogens with two attached hydrogens (primary N) is 1. The maximum absolute atomic E-state index is 11.9. The number of amides is 1. The highest BCUT2D eigenvalue weighted by molar-refractivity contribution is 5.93. The van der Waals surface area contributed by atoms with Gasteiger partial charge in [-0.15, -0.1) is 0 Å². The lowest BCUT2D eigenvalue weighted by Crippen LogP contribution is -2.45. The van der Waals surface area contributed by atoms with Crippen molar-refractivity contribution in [2.75, 3.05) is 13.1 Å². The molecule has 0 bridgehead atoms. The van der Waals surface area contributed by atoms with Gasteiger partial charge >= 0.3 is 0 Å². The first kappa shape index (κ1) is 10.0. The van der Waals surface area contributed by atoms with Gasteiger partial charge < -0.3 is 10.6 Å². The topological polar surface area (TPSA) is 72.1 Å². The van der Waals surface area contributed by atoms with Crippen molar-refractivity contribution in [1.82, 2.24) is 15.1 Å². The molecule has 2 rings (SSSR count). The third kappa shape index (κ3) is 2.30. The minimum atomic E-state index is 0.0000463. The molecule has 2 heterocycles. The molecule has 1 aromatic rings. The highest BCUT2D eigenvalue weighted by Crippen LogP contribution is 2.11. The molecule has 0 saturated carbocycles. The number of piperidine rings is 1. The number of rotatable bonds is 1. The van der Waals surface area contributed by atoms with Crippen molar-refractivity contribution in [2.45, 2.75) is 18.9 Å². The number of hydrogen-bond acceptors (Lipinski definition) is 4. The van der Waals surface area contributed by atoms with Gasteiger partial charge in [0.25, 0.3) is 5.91 Å². The standard InChI is InChI=1S/C10H14N4O/c11-9-2-1-5-14(7-9)10(15)8-3-4-12-13-6-8/h3-4,6,9H,1-2,5,7,11H2. The molecule has 0 aliphatic carbocycles. The summed E-state index contributed by atoms with van der Waals surface area (Å²) in [4.78, 5) is 13.7. The summed E-state index contributed by atoms with van der Waals surface area (Å²) in [6.45, 7) is 1.43. The average Bonchev–Trinajstić information content (AvgIpc) is 2.29. The van der Waals surface area contributed by atoms with Crippen LogP contribution in [0.4, 0.5) is 0 Å². The first-order valence-electron chi connectivity index (χ1n) is 5.09. The first-order chi connectivity index (χ1) is 7.27. The van der Waals surface area contributed by atoms with Crippen LogP contribution in [0.3, 0.4) is 0 Å². The lowest BCUT2D eigenvalue weighted by Gasteiger charge is -2.30. The van der Waals surface area contributed by atoms with Gasteiger partial charge in [0, 0.05) is 19.1 Å². The largest absolute Gasteiger partial charge is 0.337 e. The molecule has 1 saturated heterocycles. The summed E-state index contributed by atoms with van der Waals surface area (Å²) in [5.41, 5.74) is 6.40. The number of nitrogens with zero attached hydrogens (tertiary/aromatic N) is 3. The van der Waals surface area contributed by atoms with Crippen LogP contribution in [0, 0.1) is 0 Å². The number of carbonyl (C=O) groups is 1. The van der Waals surface area contributed by atoms with Gasteiger partial charge in [0.2, 0.25) is 0 Å². The molecular weight excluding hydrogens is 192 g/mol. The zero-order chi connectivity index (χ0) is 10.7. The molecular formula is C10H14N4O. The van der Waals surface area contributed by atoms with E-state index >= 15 is 0 Å². The van der Waals surface area contributed by atoms with E-state index in [0.29, 0.717) is 12.1 Å².